The minimum absolute atomic E-state index is 0.0426. The van der Waals surface area contributed by atoms with Crippen molar-refractivity contribution in [2.75, 3.05) is 0 Å². The molecule has 0 saturated heterocycles. The number of hydrogen-bond acceptors (Lipinski definition) is 6. The Morgan fingerprint density at radius 1 is 1.26 bits per heavy atom. The summed E-state index contributed by atoms with van der Waals surface area (Å²) in [6, 6.07) is 7.21. The maximum Gasteiger partial charge on any atom is 0.305 e. The maximum atomic E-state index is 12.1. The molecule has 3 N–H and O–H groups in total. The smallest absolute Gasteiger partial charge is 0.305 e. The molecule has 10 heteroatoms. The van der Waals surface area contributed by atoms with E-state index in [1.54, 1.807) is 12.3 Å². The predicted molar refractivity (Wildman–Crippen MR) is 99.5 cm³/mol. The Hall–Kier alpha value is -2.91. The van der Waals surface area contributed by atoms with Crippen LogP contribution in [0.3, 0.4) is 0 Å². The van der Waals surface area contributed by atoms with Gasteiger partial charge in [0.15, 0.2) is 10.9 Å². The number of phenols is 1. The molecule has 2 aromatic heterocycles. The summed E-state index contributed by atoms with van der Waals surface area (Å²) in [5, 5.41) is 10.8. The topological polar surface area (TPSA) is 109 Å². The number of nitrogens with one attached hydrogen (secondary N) is 2. The second-order valence-corrected chi connectivity index (χ2v) is 6.82. The van der Waals surface area contributed by atoms with E-state index >= 15 is 0 Å². The number of aromatic nitrogens is 2. The lowest BCUT2D eigenvalue weighted by molar-refractivity contribution is 0.0828. The van der Waals surface area contributed by atoms with Gasteiger partial charge in [0.25, 0.3) is 5.91 Å². The molecule has 2 heterocycles. The molecule has 0 fully saturated rings. The van der Waals surface area contributed by atoms with E-state index < -0.39 is 11.8 Å². The van der Waals surface area contributed by atoms with Gasteiger partial charge in [0.1, 0.15) is 11.5 Å². The molecule has 0 saturated carbocycles. The molecular weight excluding hydrogens is 392 g/mol. The highest BCUT2D eigenvalue weighted by molar-refractivity contribution is 7.98. The van der Waals surface area contributed by atoms with Crippen LogP contribution in [-0.4, -0.2) is 26.5 Å². The number of amides is 2. The summed E-state index contributed by atoms with van der Waals surface area (Å²) in [6.07, 6.45) is 3.54. The molecule has 27 heavy (non-hydrogen) atoms. The van der Waals surface area contributed by atoms with Crippen molar-refractivity contribution in [2.24, 2.45) is 7.05 Å². The lowest BCUT2D eigenvalue weighted by Gasteiger charge is -2.07. The average molecular weight is 407 g/mol. The number of carbonyl (C=O) groups is 2. The molecule has 140 valence electrons. The molecule has 0 unspecified atom stereocenters. The van der Waals surface area contributed by atoms with Crippen molar-refractivity contribution >= 4 is 35.2 Å². The molecule has 0 bridgehead atoms. The van der Waals surface area contributed by atoms with E-state index in [4.69, 9.17) is 16.0 Å². The lowest BCUT2D eigenvalue weighted by atomic mass is 10.2. The van der Waals surface area contributed by atoms with Gasteiger partial charge < -0.3 is 14.1 Å². The second kappa shape index (κ2) is 8.19. The minimum atomic E-state index is -0.708. The highest BCUT2D eigenvalue weighted by Crippen LogP contribution is 2.22. The van der Waals surface area contributed by atoms with Gasteiger partial charge >= 0.3 is 5.91 Å². The van der Waals surface area contributed by atoms with Crippen molar-refractivity contribution in [3.8, 4) is 5.75 Å². The van der Waals surface area contributed by atoms with Crippen LogP contribution >= 0.6 is 23.4 Å². The summed E-state index contributed by atoms with van der Waals surface area (Å²) in [6.45, 7) is 0. The Morgan fingerprint density at radius 3 is 2.78 bits per heavy atom. The molecule has 0 radical (unpaired) electrons. The first kappa shape index (κ1) is 18.9. The van der Waals surface area contributed by atoms with E-state index in [0.717, 1.165) is 5.16 Å². The highest BCUT2D eigenvalue weighted by atomic mass is 35.5. The van der Waals surface area contributed by atoms with E-state index in [1.165, 1.54) is 36.0 Å². The van der Waals surface area contributed by atoms with Crippen LogP contribution in [0.15, 0.2) is 52.3 Å². The van der Waals surface area contributed by atoms with Crippen molar-refractivity contribution in [1.29, 1.82) is 0 Å². The first-order chi connectivity index (χ1) is 12.9. The fraction of sp³-hybridized carbons (Fsp3) is 0.118. The van der Waals surface area contributed by atoms with Crippen LogP contribution < -0.4 is 10.9 Å². The molecule has 0 atom stereocenters. The lowest BCUT2D eigenvalue weighted by Crippen LogP contribution is -2.41. The van der Waals surface area contributed by atoms with E-state index in [9.17, 15) is 14.7 Å². The third-order valence-corrected chi connectivity index (χ3v) is 4.81. The molecule has 3 aromatic rings. The first-order valence-electron chi connectivity index (χ1n) is 7.72. The van der Waals surface area contributed by atoms with Crippen LogP contribution in [0.2, 0.25) is 5.02 Å². The standard InChI is InChI=1S/C17H15ClN4O4S/c1-22-7-6-19-17(22)27-9-11-3-5-14(26-11)16(25)21-20-15(24)12-8-10(18)2-4-13(12)23/h2-8,23H,9H2,1H3,(H,20,24)(H,21,25). The number of phenolic OH excluding ortho intramolecular Hbond substituents is 1. The van der Waals surface area contributed by atoms with Crippen LogP contribution in [0.1, 0.15) is 26.7 Å². The zero-order valence-electron chi connectivity index (χ0n) is 14.1. The highest BCUT2D eigenvalue weighted by Gasteiger charge is 2.16. The maximum absolute atomic E-state index is 12.1. The normalized spacial score (nSPS) is 10.6. The number of imidazole rings is 1. The Morgan fingerprint density at radius 2 is 2.04 bits per heavy atom. The largest absolute Gasteiger partial charge is 0.507 e. The molecular formula is C17H15ClN4O4S. The fourth-order valence-corrected chi connectivity index (χ4v) is 3.14. The number of furan rings is 1. The average Bonchev–Trinajstić information content (AvgIpc) is 3.28. The van der Waals surface area contributed by atoms with Crippen LogP contribution in [0.5, 0.6) is 5.75 Å². The number of benzene rings is 1. The summed E-state index contributed by atoms with van der Waals surface area (Å²) < 4.78 is 7.35. The van der Waals surface area contributed by atoms with Gasteiger partial charge in [0.2, 0.25) is 0 Å². The Labute approximate surface area is 163 Å². The Bertz CT molecular complexity index is 985. The number of nitrogens with zero attached hydrogens (tertiary/aromatic N) is 2. The summed E-state index contributed by atoms with van der Waals surface area (Å²) in [5.74, 6) is -0.453. The van der Waals surface area contributed by atoms with Gasteiger partial charge in [-0.05, 0) is 30.3 Å². The van der Waals surface area contributed by atoms with Gasteiger partial charge in [-0.25, -0.2) is 4.98 Å². The molecule has 1 aromatic carbocycles. The molecule has 2 amide bonds. The SMILES string of the molecule is Cn1ccnc1SCc1ccc(C(=O)NNC(=O)c2cc(Cl)ccc2O)o1. The summed E-state index contributed by atoms with van der Waals surface area (Å²) >= 11 is 7.26. The molecule has 3 rings (SSSR count). The third-order valence-electron chi connectivity index (χ3n) is 3.50. The molecule has 0 spiro atoms. The van der Waals surface area contributed by atoms with E-state index in [2.05, 4.69) is 15.8 Å². The van der Waals surface area contributed by atoms with Gasteiger partial charge in [-0.2, -0.15) is 0 Å². The molecule has 0 aliphatic heterocycles. The van der Waals surface area contributed by atoms with Crippen molar-refractivity contribution in [3.63, 3.8) is 0 Å². The van der Waals surface area contributed by atoms with E-state index in [1.807, 2.05) is 17.8 Å². The molecule has 8 nitrogen and oxygen atoms in total. The predicted octanol–water partition coefficient (Wildman–Crippen LogP) is 2.74. The van der Waals surface area contributed by atoms with Crippen LogP contribution in [0, 0.1) is 0 Å². The monoisotopic (exact) mass is 406 g/mol. The van der Waals surface area contributed by atoms with Crippen molar-refractivity contribution in [1.82, 2.24) is 20.4 Å². The number of rotatable bonds is 5. The summed E-state index contributed by atoms with van der Waals surface area (Å²) in [5.41, 5.74) is 4.37. The zero-order valence-corrected chi connectivity index (χ0v) is 15.7. The van der Waals surface area contributed by atoms with Crippen LogP contribution in [-0.2, 0) is 12.8 Å². The number of thioether (sulfide) groups is 1. The Kier molecular flexibility index (Phi) is 5.72. The van der Waals surface area contributed by atoms with E-state index in [-0.39, 0.29) is 22.1 Å². The zero-order chi connectivity index (χ0) is 19.4. The quantitative estimate of drug-likeness (QED) is 0.444. The van der Waals surface area contributed by atoms with Crippen LogP contribution in [0.25, 0.3) is 0 Å². The van der Waals surface area contributed by atoms with Crippen molar-refractivity contribution in [3.05, 3.63) is 64.8 Å². The van der Waals surface area contributed by atoms with Crippen molar-refractivity contribution < 1.29 is 19.1 Å². The van der Waals surface area contributed by atoms with E-state index in [0.29, 0.717) is 11.5 Å². The summed E-state index contributed by atoms with van der Waals surface area (Å²) in [7, 11) is 1.89. The molecule has 0 aliphatic rings. The minimum Gasteiger partial charge on any atom is -0.507 e. The van der Waals surface area contributed by atoms with Gasteiger partial charge in [0, 0.05) is 24.5 Å². The number of aryl methyl sites for hydroxylation is 1. The number of halogens is 1. The van der Waals surface area contributed by atoms with Gasteiger partial charge in [0.05, 0.1) is 11.3 Å². The molecule has 0 aliphatic carbocycles. The van der Waals surface area contributed by atoms with Crippen molar-refractivity contribution in [2.45, 2.75) is 10.9 Å². The first-order valence-corrected chi connectivity index (χ1v) is 9.08. The second-order valence-electron chi connectivity index (χ2n) is 5.45. The van der Waals surface area contributed by atoms with Gasteiger partial charge in [-0.3, -0.25) is 20.4 Å². The summed E-state index contributed by atoms with van der Waals surface area (Å²) in [4.78, 5) is 28.3. The number of carbonyl (C=O) groups excluding carboxylic acids is 2. The third kappa shape index (κ3) is 4.63. The van der Waals surface area contributed by atoms with Crippen LogP contribution in [0.4, 0.5) is 0 Å². The number of hydrazine groups is 1. The fourth-order valence-electron chi connectivity index (χ4n) is 2.14. The number of aromatic hydroxyl groups is 1. The Balaban J connectivity index is 1.55. The number of hydrogen-bond donors (Lipinski definition) is 3. The van der Waals surface area contributed by atoms with Gasteiger partial charge in [-0.15, -0.1) is 0 Å². The van der Waals surface area contributed by atoms with Gasteiger partial charge in [-0.1, -0.05) is 23.4 Å².